The molecule has 0 aliphatic carbocycles. The molecule has 1 aromatic heterocycles. The molecule has 0 spiro atoms. The molecular formula is C12H20F3N5. The summed E-state index contributed by atoms with van der Waals surface area (Å²) < 4.78 is 38.5. The summed E-state index contributed by atoms with van der Waals surface area (Å²) in [6.07, 6.45) is 1.86. The van der Waals surface area contributed by atoms with Crippen molar-refractivity contribution >= 4 is 0 Å². The fourth-order valence-electron chi connectivity index (χ4n) is 2.45. The molecule has 2 rings (SSSR count). The first kappa shape index (κ1) is 15.2. The van der Waals surface area contributed by atoms with Gasteiger partial charge in [-0.2, -0.15) is 13.2 Å². The molecule has 0 aromatic carbocycles. The van der Waals surface area contributed by atoms with E-state index in [-0.39, 0.29) is 0 Å². The van der Waals surface area contributed by atoms with Crippen LogP contribution in [0.25, 0.3) is 0 Å². The van der Waals surface area contributed by atoms with Crippen LogP contribution in [-0.4, -0.2) is 58.3 Å². The summed E-state index contributed by atoms with van der Waals surface area (Å²) in [5, 5.41) is 11.0. The van der Waals surface area contributed by atoms with E-state index >= 15 is 0 Å². The molecular weight excluding hydrogens is 271 g/mol. The van der Waals surface area contributed by atoms with Crippen LogP contribution in [0.1, 0.15) is 19.3 Å². The summed E-state index contributed by atoms with van der Waals surface area (Å²) in [6, 6.07) is 0.329. The van der Waals surface area contributed by atoms with Gasteiger partial charge in [-0.3, -0.25) is 9.58 Å². The van der Waals surface area contributed by atoms with Gasteiger partial charge in [0.05, 0.1) is 12.7 Å². The van der Waals surface area contributed by atoms with Gasteiger partial charge >= 0.3 is 6.18 Å². The van der Waals surface area contributed by atoms with Gasteiger partial charge < -0.3 is 5.32 Å². The van der Waals surface area contributed by atoms with Crippen LogP contribution in [0.2, 0.25) is 0 Å². The molecule has 114 valence electrons. The smallest absolute Gasteiger partial charge is 0.314 e. The van der Waals surface area contributed by atoms with Crippen molar-refractivity contribution in [3.63, 3.8) is 0 Å². The van der Waals surface area contributed by atoms with Gasteiger partial charge in [0.1, 0.15) is 0 Å². The Hall–Kier alpha value is -1.15. The third kappa shape index (κ3) is 5.46. The van der Waals surface area contributed by atoms with Crippen LogP contribution in [0.5, 0.6) is 0 Å². The minimum Gasteiger partial charge on any atom is -0.314 e. The van der Waals surface area contributed by atoms with E-state index in [0.717, 1.165) is 32.4 Å². The molecule has 1 aliphatic heterocycles. The summed E-state index contributed by atoms with van der Waals surface area (Å²) in [4.78, 5) is 1.48. The number of likely N-dealkylation sites (tertiary alicyclic amines) is 1. The second-order valence-electron chi connectivity index (χ2n) is 5.14. The largest absolute Gasteiger partial charge is 0.401 e. The summed E-state index contributed by atoms with van der Waals surface area (Å²) >= 11 is 0. The summed E-state index contributed by atoms with van der Waals surface area (Å²) in [5.41, 5.74) is 0. The van der Waals surface area contributed by atoms with Gasteiger partial charge in [-0.15, -0.1) is 5.10 Å². The minimum atomic E-state index is -4.09. The lowest BCUT2D eigenvalue weighted by Crippen LogP contribution is -2.45. The van der Waals surface area contributed by atoms with E-state index in [2.05, 4.69) is 15.6 Å². The van der Waals surface area contributed by atoms with Crippen molar-refractivity contribution in [2.75, 3.05) is 26.2 Å². The van der Waals surface area contributed by atoms with Gasteiger partial charge in [0.2, 0.25) is 0 Å². The number of aryl methyl sites for hydroxylation is 1. The van der Waals surface area contributed by atoms with Gasteiger partial charge in [0, 0.05) is 18.8 Å². The Morgan fingerprint density at radius 2 is 2.00 bits per heavy atom. The SMILES string of the molecule is FC(F)(F)CN1CCC(NCCCn2ccnn2)CC1. The average molecular weight is 291 g/mol. The summed E-state index contributed by atoms with van der Waals surface area (Å²) in [5.74, 6) is 0. The number of hydrogen-bond donors (Lipinski definition) is 1. The summed E-state index contributed by atoms with van der Waals surface area (Å²) in [7, 11) is 0. The Labute approximate surface area is 116 Å². The van der Waals surface area contributed by atoms with Crippen LogP contribution in [0.3, 0.4) is 0 Å². The van der Waals surface area contributed by atoms with Crippen LogP contribution in [0.4, 0.5) is 13.2 Å². The fraction of sp³-hybridized carbons (Fsp3) is 0.833. The Morgan fingerprint density at radius 3 is 2.60 bits per heavy atom. The van der Waals surface area contributed by atoms with Crippen molar-refractivity contribution in [1.29, 1.82) is 0 Å². The maximum absolute atomic E-state index is 12.2. The monoisotopic (exact) mass is 291 g/mol. The lowest BCUT2D eigenvalue weighted by molar-refractivity contribution is -0.148. The number of halogens is 3. The minimum absolute atomic E-state index is 0.329. The van der Waals surface area contributed by atoms with Gasteiger partial charge in [0.25, 0.3) is 0 Å². The Morgan fingerprint density at radius 1 is 1.25 bits per heavy atom. The van der Waals surface area contributed by atoms with E-state index < -0.39 is 12.7 Å². The summed E-state index contributed by atoms with van der Waals surface area (Å²) in [6.45, 7) is 1.90. The van der Waals surface area contributed by atoms with Crippen molar-refractivity contribution in [3.8, 4) is 0 Å². The zero-order valence-electron chi connectivity index (χ0n) is 11.3. The van der Waals surface area contributed by atoms with E-state index in [1.54, 1.807) is 10.9 Å². The molecule has 1 N–H and O–H groups in total. The van der Waals surface area contributed by atoms with Crippen molar-refractivity contribution in [3.05, 3.63) is 12.4 Å². The quantitative estimate of drug-likeness (QED) is 0.802. The third-order valence-electron chi connectivity index (χ3n) is 3.46. The molecule has 0 bridgehead atoms. The Kier molecular flexibility index (Phi) is 5.36. The highest BCUT2D eigenvalue weighted by Gasteiger charge is 2.32. The molecule has 0 saturated carbocycles. The number of alkyl halides is 3. The van der Waals surface area contributed by atoms with Gasteiger partial charge in [-0.05, 0) is 38.9 Å². The molecule has 0 atom stereocenters. The molecule has 0 unspecified atom stereocenters. The van der Waals surface area contributed by atoms with Crippen molar-refractivity contribution in [2.24, 2.45) is 0 Å². The molecule has 1 aromatic rings. The first-order valence-electron chi connectivity index (χ1n) is 6.89. The van der Waals surface area contributed by atoms with Gasteiger partial charge in [-0.25, -0.2) is 0 Å². The van der Waals surface area contributed by atoms with E-state index in [1.165, 1.54) is 4.90 Å². The molecule has 0 amide bonds. The number of nitrogens with one attached hydrogen (secondary N) is 1. The normalized spacial score (nSPS) is 18.6. The lowest BCUT2D eigenvalue weighted by Gasteiger charge is -2.32. The second-order valence-corrected chi connectivity index (χ2v) is 5.14. The van der Waals surface area contributed by atoms with E-state index in [0.29, 0.717) is 19.1 Å². The predicted molar refractivity (Wildman–Crippen MR) is 68.2 cm³/mol. The van der Waals surface area contributed by atoms with Crippen LogP contribution in [0, 0.1) is 0 Å². The Balaban J connectivity index is 1.55. The number of aromatic nitrogens is 3. The zero-order chi connectivity index (χ0) is 14.4. The predicted octanol–water partition coefficient (Wildman–Crippen LogP) is 1.28. The molecule has 1 fully saturated rings. The number of piperidine rings is 1. The van der Waals surface area contributed by atoms with E-state index in [4.69, 9.17) is 0 Å². The molecule has 1 aliphatic rings. The topological polar surface area (TPSA) is 46.0 Å². The first-order valence-corrected chi connectivity index (χ1v) is 6.89. The van der Waals surface area contributed by atoms with Crippen molar-refractivity contribution in [2.45, 2.75) is 38.0 Å². The highest BCUT2D eigenvalue weighted by atomic mass is 19.4. The maximum Gasteiger partial charge on any atom is 0.401 e. The van der Waals surface area contributed by atoms with Gasteiger partial charge in [0.15, 0.2) is 0 Å². The van der Waals surface area contributed by atoms with E-state index in [9.17, 15) is 13.2 Å². The molecule has 1 saturated heterocycles. The van der Waals surface area contributed by atoms with Crippen LogP contribution in [0.15, 0.2) is 12.4 Å². The van der Waals surface area contributed by atoms with Crippen LogP contribution < -0.4 is 5.32 Å². The van der Waals surface area contributed by atoms with Crippen LogP contribution >= 0.6 is 0 Å². The maximum atomic E-state index is 12.2. The molecule has 8 heteroatoms. The number of rotatable bonds is 6. The molecule has 2 heterocycles. The molecule has 20 heavy (non-hydrogen) atoms. The third-order valence-corrected chi connectivity index (χ3v) is 3.46. The highest BCUT2D eigenvalue weighted by molar-refractivity contribution is 4.78. The lowest BCUT2D eigenvalue weighted by atomic mass is 10.0. The van der Waals surface area contributed by atoms with Crippen LogP contribution in [-0.2, 0) is 6.54 Å². The zero-order valence-corrected chi connectivity index (χ0v) is 11.3. The van der Waals surface area contributed by atoms with Crippen molar-refractivity contribution < 1.29 is 13.2 Å². The number of hydrogen-bond acceptors (Lipinski definition) is 4. The first-order chi connectivity index (χ1) is 9.53. The molecule has 5 nitrogen and oxygen atoms in total. The molecule has 0 radical (unpaired) electrons. The number of nitrogens with zero attached hydrogens (tertiary/aromatic N) is 4. The average Bonchev–Trinajstić information content (AvgIpc) is 2.88. The van der Waals surface area contributed by atoms with Gasteiger partial charge in [-0.1, -0.05) is 5.21 Å². The van der Waals surface area contributed by atoms with Crippen molar-refractivity contribution in [1.82, 2.24) is 25.2 Å². The second kappa shape index (κ2) is 7.03. The highest BCUT2D eigenvalue weighted by Crippen LogP contribution is 2.19. The standard InChI is InChI=1S/C12H20F3N5/c13-12(14,15)10-19-7-2-11(3-8-19)16-4-1-6-20-9-5-17-18-20/h5,9,11,16H,1-4,6-8,10H2. The van der Waals surface area contributed by atoms with E-state index in [1.807, 2.05) is 6.20 Å². The fourth-order valence-corrected chi connectivity index (χ4v) is 2.45. The Bertz CT molecular complexity index is 371.